The van der Waals surface area contributed by atoms with E-state index in [1.54, 1.807) is 13.8 Å². The van der Waals surface area contributed by atoms with Gasteiger partial charge in [0.05, 0.1) is 0 Å². The molecule has 124 valence electrons. The van der Waals surface area contributed by atoms with Gasteiger partial charge in [-0.15, -0.1) is 0 Å². The van der Waals surface area contributed by atoms with Crippen LogP contribution in [0.2, 0.25) is 0 Å². The summed E-state index contributed by atoms with van der Waals surface area (Å²) in [7, 11) is 1.51. The topological polar surface area (TPSA) is 87.7 Å². The van der Waals surface area contributed by atoms with Gasteiger partial charge in [0, 0.05) is 20.3 Å². The number of urea groups is 1. The average Bonchev–Trinajstić information content (AvgIpc) is 2.32. The van der Waals surface area contributed by atoms with Crippen molar-refractivity contribution in [2.75, 3.05) is 20.3 Å². The van der Waals surface area contributed by atoms with Crippen molar-refractivity contribution in [3.8, 4) is 0 Å². The van der Waals surface area contributed by atoms with Crippen molar-refractivity contribution in [3.63, 3.8) is 0 Å². The number of amides is 2. The molecular weight excluding hydrogens is 293 g/mol. The second-order valence-electron chi connectivity index (χ2n) is 5.64. The lowest BCUT2D eigenvalue weighted by atomic mass is 9.90. The predicted molar refractivity (Wildman–Crippen MR) is 68.9 cm³/mol. The van der Waals surface area contributed by atoms with Crippen molar-refractivity contribution in [1.29, 1.82) is 0 Å². The van der Waals surface area contributed by atoms with Crippen molar-refractivity contribution >= 4 is 12.0 Å². The minimum atomic E-state index is -5.11. The Hall–Kier alpha value is -1.51. The Labute approximate surface area is 121 Å². The van der Waals surface area contributed by atoms with Gasteiger partial charge in [-0.3, -0.25) is 0 Å². The summed E-state index contributed by atoms with van der Waals surface area (Å²) >= 11 is 0. The van der Waals surface area contributed by atoms with Gasteiger partial charge in [0.25, 0.3) is 0 Å². The molecule has 0 aliphatic rings. The van der Waals surface area contributed by atoms with E-state index in [1.165, 1.54) is 12.4 Å². The van der Waals surface area contributed by atoms with E-state index in [-0.39, 0.29) is 6.54 Å². The molecule has 0 spiro atoms. The lowest BCUT2D eigenvalue weighted by Gasteiger charge is -2.30. The van der Waals surface area contributed by atoms with Crippen LogP contribution in [-0.4, -0.2) is 49.1 Å². The minimum Gasteiger partial charge on any atom is -0.479 e. The van der Waals surface area contributed by atoms with Crippen LogP contribution in [0.4, 0.5) is 18.0 Å². The van der Waals surface area contributed by atoms with Gasteiger partial charge in [-0.1, -0.05) is 13.8 Å². The normalized spacial score (nSPS) is 15.2. The van der Waals surface area contributed by atoms with Crippen LogP contribution in [0.1, 0.15) is 27.2 Å². The molecule has 6 nitrogen and oxygen atoms in total. The average molecular weight is 314 g/mol. The Kier molecular flexibility index (Phi) is 6.47. The standard InChI is InChI=1S/C12H21F3N2O4/c1-10(2,5-6-21-4)7-16-9(20)17-11(3,8(18)19)12(13,14)15/h5-7H2,1-4H3,(H,18,19)(H2,16,17,20). The Morgan fingerprint density at radius 1 is 1.19 bits per heavy atom. The summed E-state index contributed by atoms with van der Waals surface area (Å²) in [4.78, 5) is 22.3. The lowest BCUT2D eigenvalue weighted by Crippen LogP contribution is -2.64. The molecule has 0 rings (SSSR count). The molecule has 1 unspecified atom stereocenters. The summed E-state index contributed by atoms with van der Waals surface area (Å²) in [5, 5.41) is 12.4. The smallest absolute Gasteiger partial charge is 0.422 e. The van der Waals surface area contributed by atoms with Gasteiger partial charge in [-0.25, -0.2) is 9.59 Å². The number of hydrogen-bond acceptors (Lipinski definition) is 3. The van der Waals surface area contributed by atoms with Crippen molar-refractivity contribution in [2.24, 2.45) is 5.41 Å². The van der Waals surface area contributed by atoms with Crippen LogP contribution in [0.5, 0.6) is 0 Å². The maximum atomic E-state index is 12.7. The first kappa shape index (κ1) is 19.5. The number of ether oxygens (including phenoxy) is 1. The van der Waals surface area contributed by atoms with Crippen molar-refractivity contribution < 1.29 is 32.6 Å². The highest BCUT2D eigenvalue weighted by molar-refractivity contribution is 5.86. The number of hydrogen-bond donors (Lipinski definition) is 3. The van der Waals surface area contributed by atoms with E-state index in [9.17, 15) is 22.8 Å². The first-order valence-electron chi connectivity index (χ1n) is 6.21. The molecule has 2 amide bonds. The molecule has 0 saturated heterocycles. The number of halogens is 3. The van der Waals surface area contributed by atoms with Gasteiger partial charge in [-0.2, -0.15) is 13.2 Å². The first-order valence-corrected chi connectivity index (χ1v) is 6.21. The third kappa shape index (κ3) is 5.78. The van der Waals surface area contributed by atoms with Crippen LogP contribution in [0, 0.1) is 5.41 Å². The van der Waals surface area contributed by atoms with E-state index >= 15 is 0 Å². The number of nitrogens with one attached hydrogen (secondary N) is 2. The molecule has 0 aromatic rings. The first-order chi connectivity index (χ1) is 9.35. The zero-order chi connectivity index (χ0) is 16.9. The maximum Gasteiger partial charge on any atom is 0.422 e. The van der Waals surface area contributed by atoms with Crippen molar-refractivity contribution in [2.45, 2.75) is 38.9 Å². The van der Waals surface area contributed by atoms with E-state index in [0.717, 1.165) is 0 Å². The van der Waals surface area contributed by atoms with Gasteiger partial charge < -0.3 is 20.5 Å². The van der Waals surface area contributed by atoms with Crippen molar-refractivity contribution in [1.82, 2.24) is 10.6 Å². The fourth-order valence-electron chi connectivity index (χ4n) is 1.30. The molecule has 0 radical (unpaired) electrons. The second-order valence-corrected chi connectivity index (χ2v) is 5.64. The summed E-state index contributed by atoms with van der Waals surface area (Å²) in [5.74, 6) is -2.18. The number of alkyl halides is 3. The summed E-state index contributed by atoms with van der Waals surface area (Å²) in [6, 6.07) is -1.19. The highest BCUT2D eigenvalue weighted by Crippen LogP contribution is 2.30. The minimum absolute atomic E-state index is 0.0791. The van der Waals surface area contributed by atoms with Gasteiger partial charge in [0.1, 0.15) is 0 Å². The van der Waals surface area contributed by atoms with Crippen LogP contribution in [-0.2, 0) is 9.53 Å². The van der Waals surface area contributed by atoms with Crippen LogP contribution in [0.25, 0.3) is 0 Å². The number of methoxy groups -OCH3 is 1. The lowest BCUT2D eigenvalue weighted by molar-refractivity contribution is -0.203. The number of aliphatic carboxylic acids is 1. The Morgan fingerprint density at radius 2 is 1.71 bits per heavy atom. The van der Waals surface area contributed by atoms with Crippen LogP contribution in [0.3, 0.4) is 0 Å². The molecule has 0 heterocycles. The van der Waals surface area contributed by atoms with E-state index in [2.05, 4.69) is 5.32 Å². The van der Waals surface area contributed by atoms with Gasteiger partial charge in [0.2, 0.25) is 5.54 Å². The van der Waals surface area contributed by atoms with Crippen LogP contribution < -0.4 is 10.6 Å². The molecule has 0 fully saturated rings. The molecule has 0 aromatic heterocycles. The molecule has 0 aromatic carbocycles. The summed E-state index contributed by atoms with van der Waals surface area (Å²) in [6.07, 6.45) is -4.53. The van der Waals surface area contributed by atoms with Crippen molar-refractivity contribution in [3.05, 3.63) is 0 Å². The number of carboxylic acids is 1. The van der Waals surface area contributed by atoms with E-state index in [0.29, 0.717) is 20.0 Å². The highest BCUT2D eigenvalue weighted by Gasteiger charge is 2.58. The highest BCUT2D eigenvalue weighted by atomic mass is 19.4. The predicted octanol–water partition coefficient (Wildman–Crippen LogP) is 1.75. The molecular formula is C12H21F3N2O4. The number of rotatable bonds is 7. The van der Waals surface area contributed by atoms with E-state index in [4.69, 9.17) is 9.84 Å². The summed E-state index contributed by atoms with van der Waals surface area (Å²) in [5.41, 5.74) is -3.74. The van der Waals surface area contributed by atoms with E-state index < -0.39 is 29.1 Å². The number of carboxylic acid groups (broad SMARTS) is 1. The fourth-order valence-corrected chi connectivity index (χ4v) is 1.30. The molecule has 0 bridgehead atoms. The van der Waals surface area contributed by atoms with E-state index in [1.807, 2.05) is 0 Å². The number of carbonyl (C=O) groups is 2. The van der Waals surface area contributed by atoms with Crippen LogP contribution >= 0.6 is 0 Å². The third-order valence-electron chi connectivity index (χ3n) is 3.07. The zero-order valence-electron chi connectivity index (χ0n) is 12.4. The van der Waals surface area contributed by atoms with Crippen LogP contribution in [0.15, 0.2) is 0 Å². The summed E-state index contributed by atoms with van der Waals surface area (Å²) < 4.78 is 43.0. The molecule has 9 heteroatoms. The monoisotopic (exact) mass is 314 g/mol. The molecule has 0 aliphatic heterocycles. The molecule has 0 saturated carbocycles. The number of carbonyl (C=O) groups excluding carboxylic acids is 1. The molecule has 3 N–H and O–H groups in total. The second kappa shape index (κ2) is 6.97. The third-order valence-corrected chi connectivity index (χ3v) is 3.07. The SMILES string of the molecule is COCCC(C)(C)CNC(=O)NC(C)(C(=O)O)C(F)(F)F. The molecule has 1 atom stereocenters. The van der Waals surface area contributed by atoms with Gasteiger partial charge in [-0.05, 0) is 18.8 Å². The fraction of sp³-hybridized carbons (Fsp3) is 0.833. The largest absolute Gasteiger partial charge is 0.479 e. The van der Waals surface area contributed by atoms with Gasteiger partial charge >= 0.3 is 18.2 Å². The quantitative estimate of drug-likeness (QED) is 0.668. The zero-order valence-corrected chi connectivity index (χ0v) is 12.4. The Bertz CT molecular complexity index is 385. The Morgan fingerprint density at radius 3 is 2.10 bits per heavy atom. The summed E-state index contributed by atoms with van der Waals surface area (Å²) in [6.45, 7) is 4.51. The molecule has 21 heavy (non-hydrogen) atoms. The molecule has 0 aliphatic carbocycles. The maximum absolute atomic E-state index is 12.7. The van der Waals surface area contributed by atoms with Gasteiger partial charge in [0.15, 0.2) is 0 Å². The Balaban J connectivity index is 4.65.